The SMILES string of the molecule is N#Cc1ccc(Sc2cnc(N3CCN(Cc4ccco4)CC3)nc2OCc2cccc(C=O)c2)cc1. The Morgan fingerprint density at radius 1 is 1.08 bits per heavy atom. The molecule has 0 spiro atoms. The molecule has 2 aromatic heterocycles. The van der Waals surface area contributed by atoms with Crippen molar-refractivity contribution in [2.24, 2.45) is 0 Å². The zero-order valence-corrected chi connectivity index (χ0v) is 20.9. The average Bonchev–Trinajstić information content (AvgIpc) is 3.46. The van der Waals surface area contributed by atoms with Gasteiger partial charge in [0.15, 0.2) is 0 Å². The largest absolute Gasteiger partial charge is 0.472 e. The van der Waals surface area contributed by atoms with Crippen molar-refractivity contribution in [3.8, 4) is 11.9 Å². The van der Waals surface area contributed by atoms with E-state index in [-0.39, 0.29) is 6.61 Å². The molecule has 186 valence electrons. The summed E-state index contributed by atoms with van der Waals surface area (Å²) in [5.74, 6) is 2.07. The van der Waals surface area contributed by atoms with Crippen molar-refractivity contribution in [3.63, 3.8) is 0 Å². The lowest BCUT2D eigenvalue weighted by Crippen LogP contribution is -2.46. The Hall–Kier alpha value is -4.13. The van der Waals surface area contributed by atoms with Crippen LogP contribution in [0.4, 0.5) is 5.95 Å². The lowest BCUT2D eigenvalue weighted by molar-refractivity contribution is 0.112. The molecule has 9 heteroatoms. The van der Waals surface area contributed by atoms with Gasteiger partial charge in [0.25, 0.3) is 0 Å². The first-order valence-electron chi connectivity index (χ1n) is 11.9. The van der Waals surface area contributed by atoms with Gasteiger partial charge in [-0.05, 0) is 48.0 Å². The van der Waals surface area contributed by atoms with E-state index in [2.05, 4.69) is 20.9 Å². The van der Waals surface area contributed by atoms with Crippen molar-refractivity contribution >= 4 is 24.0 Å². The van der Waals surface area contributed by atoms with E-state index in [1.54, 1.807) is 36.7 Å². The van der Waals surface area contributed by atoms with Crippen LogP contribution in [0, 0.1) is 11.3 Å². The van der Waals surface area contributed by atoms with Gasteiger partial charge in [-0.1, -0.05) is 30.0 Å². The number of benzene rings is 2. The maximum Gasteiger partial charge on any atom is 0.232 e. The minimum atomic E-state index is 0.274. The highest BCUT2D eigenvalue weighted by molar-refractivity contribution is 7.99. The standard InChI is InChI=1S/C28H25N5O3S/c29-16-21-6-8-25(9-7-21)37-26-17-30-28(31-27(26)36-20-23-4-1-3-22(15-23)19-34)33-12-10-32(11-13-33)18-24-5-2-14-35-24/h1-9,14-15,17,19H,10-13,18,20H2. The molecule has 5 rings (SSSR count). The second-order valence-corrected chi connectivity index (χ2v) is 9.69. The first-order valence-corrected chi connectivity index (χ1v) is 12.7. The molecule has 0 atom stereocenters. The first-order chi connectivity index (χ1) is 18.2. The second kappa shape index (κ2) is 11.7. The zero-order valence-electron chi connectivity index (χ0n) is 20.1. The molecule has 0 unspecified atom stereocenters. The van der Waals surface area contributed by atoms with Gasteiger partial charge in [-0.15, -0.1) is 0 Å². The number of rotatable bonds is 9. The number of nitriles is 1. The zero-order chi connectivity index (χ0) is 25.5. The molecule has 37 heavy (non-hydrogen) atoms. The normalized spacial score (nSPS) is 13.8. The smallest absolute Gasteiger partial charge is 0.232 e. The van der Waals surface area contributed by atoms with E-state index in [0.29, 0.717) is 23.0 Å². The highest BCUT2D eigenvalue weighted by Crippen LogP contribution is 2.35. The molecule has 0 N–H and O–H groups in total. The van der Waals surface area contributed by atoms with Gasteiger partial charge in [-0.2, -0.15) is 10.2 Å². The van der Waals surface area contributed by atoms with Crippen LogP contribution in [0.5, 0.6) is 5.88 Å². The Kier molecular flexibility index (Phi) is 7.79. The molecule has 8 nitrogen and oxygen atoms in total. The number of aromatic nitrogens is 2. The summed E-state index contributed by atoms with van der Waals surface area (Å²) >= 11 is 1.48. The van der Waals surface area contributed by atoms with Gasteiger partial charge in [0.1, 0.15) is 18.7 Å². The van der Waals surface area contributed by atoms with E-state index < -0.39 is 0 Å². The number of carbonyl (C=O) groups excluding carboxylic acids is 1. The van der Waals surface area contributed by atoms with Crippen LogP contribution in [-0.2, 0) is 13.2 Å². The van der Waals surface area contributed by atoms with Gasteiger partial charge >= 0.3 is 0 Å². The third kappa shape index (κ3) is 6.36. The summed E-state index contributed by atoms with van der Waals surface area (Å²) in [7, 11) is 0. The number of nitrogens with zero attached hydrogens (tertiary/aromatic N) is 5. The van der Waals surface area contributed by atoms with Crippen molar-refractivity contribution in [2.45, 2.75) is 22.9 Å². The Morgan fingerprint density at radius 2 is 1.92 bits per heavy atom. The molecule has 1 aliphatic heterocycles. The molecule has 0 aliphatic carbocycles. The minimum absolute atomic E-state index is 0.274. The summed E-state index contributed by atoms with van der Waals surface area (Å²) in [6.07, 6.45) is 4.31. The summed E-state index contributed by atoms with van der Waals surface area (Å²) in [6, 6.07) is 20.7. The van der Waals surface area contributed by atoms with Crippen molar-refractivity contribution in [3.05, 3.63) is 95.6 Å². The van der Waals surface area contributed by atoms with Crippen molar-refractivity contribution in [2.75, 3.05) is 31.1 Å². The predicted octanol–water partition coefficient (Wildman–Crippen LogP) is 4.81. The van der Waals surface area contributed by atoms with E-state index in [0.717, 1.165) is 60.1 Å². The highest BCUT2D eigenvalue weighted by Gasteiger charge is 2.21. The van der Waals surface area contributed by atoms with Crippen molar-refractivity contribution < 1.29 is 13.9 Å². The van der Waals surface area contributed by atoms with Crippen LogP contribution in [0.15, 0.2) is 87.3 Å². The average molecular weight is 512 g/mol. The van der Waals surface area contributed by atoms with Crippen LogP contribution in [-0.4, -0.2) is 47.3 Å². The molecule has 1 saturated heterocycles. The number of hydrogen-bond acceptors (Lipinski definition) is 9. The number of carbonyl (C=O) groups is 1. The van der Waals surface area contributed by atoms with Crippen LogP contribution < -0.4 is 9.64 Å². The highest BCUT2D eigenvalue weighted by atomic mass is 32.2. The number of ether oxygens (including phenoxy) is 1. The fourth-order valence-corrected chi connectivity index (χ4v) is 4.86. The summed E-state index contributed by atoms with van der Waals surface area (Å²) in [5, 5.41) is 9.08. The predicted molar refractivity (Wildman–Crippen MR) is 140 cm³/mol. The molecular formula is C28H25N5O3S. The molecular weight excluding hydrogens is 486 g/mol. The van der Waals surface area contributed by atoms with Gasteiger partial charge < -0.3 is 14.1 Å². The summed E-state index contributed by atoms with van der Waals surface area (Å²) in [4.78, 5) is 26.9. The number of furan rings is 1. The fraction of sp³-hybridized carbons (Fsp3) is 0.214. The number of anilines is 1. The lowest BCUT2D eigenvalue weighted by Gasteiger charge is -2.34. The molecule has 1 aliphatic rings. The first kappa shape index (κ1) is 24.6. The van der Waals surface area contributed by atoms with Crippen molar-refractivity contribution in [1.29, 1.82) is 5.26 Å². The summed E-state index contributed by atoms with van der Waals surface area (Å²) in [5.41, 5.74) is 2.09. The molecule has 0 radical (unpaired) electrons. The van der Waals surface area contributed by atoms with Crippen LogP contribution in [0.3, 0.4) is 0 Å². The number of aldehydes is 1. The molecule has 0 bridgehead atoms. The lowest BCUT2D eigenvalue weighted by atomic mass is 10.1. The van der Waals surface area contributed by atoms with Crippen LogP contribution in [0.1, 0.15) is 27.2 Å². The van der Waals surface area contributed by atoms with Crippen molar-refractivity contribution in [1.82, 2.24) is 14.9 Å². The van der Waals surface area contributed by atoms with Gasteiger partial charge in [0.2, 0.25) is 11.8 Å². The Morgan fingerprint density at radius 3 is 2.65 bits per heavy atom. The Bertz CT molecular complexity index is 1380. The summed E-state index contributed by atoms with van der Waals surface area (Å²) in [6.45, 7) is 4.40. The number of hydrogen-bond donors (Lipinski definition) is 0. The van der Waals surface area contributed by atoms with E-state index >= 15 is 0 Å². The van der Waals surface area contributed by atoms with E-state index in [1.807, 2.05) is 36.4 Å². The topological polar surface area (TPSA) is 95.5 Å². The second-order valence-electron chi connectivity index (χ2n) is 8.57. The quantitative estimate of drug-likeness (QED) is 0.293. The fourth-order valence-electron chi connectivity index (χ4n) is 4.03. The van der Waals surface area contributed by atoms with Gasteiger partial charge in [-0.3, -0.25) is 9.69 Å². The minimum Gasteiger partial charge on any atom is -0.472 e. The molecule has 0 amide bonds. The van der Waals surface area contributed by atoms with Crippen LogP contribution >= 0.6 is 11.8 Å². The maximum atomic E-state index is 11.2. The maximum absolute atomic E-state index is 11.2. The Balaban J connectivity index is 1.32. The summed E-state index contributed by atoms with van der Waals surface area (Å²) < 4.78 is 11.7. The van der Waals surface area contributed by atoms with E-state index in [1.165, 1.54) is 11.8 Å². The molecule has 3 heterocycles. The van der Waals surface area contributed by atoms with Crippen LogP contribution in [0.2, 0.25) is 0 Å². The molecule has 0 saturated carbocycles. The number of piperazine rings is 1. The van der Waals surface area contributed by atoms with Gasteiger partial charge in [0, 0.05) is 36.6 Å². The van der Waals surface area contributed by atoms with E-state index in [4.69, 9.17) is 19.4 Å². The third-order valence-corrected chi connectivity index (χ3v) is 7.01. The molecule has 2 aromatic carbocycles. The van der Waals surface area contributed by atoms with Gasteiger partial charge in [-0.25, -0.2) is 4.98 Å². The molecule has 4 aromatic rings. The molecule has 1 fully saturated rings. The van der Waals surface area contributed by atoms with E-state index in [9.17, 15) is 4.79 Å². The Labute approximate surface area is 219 Å². The van der Waals surface area contributed by atoms with Crippen LogP contribution in [0.25, 0.3) is 0 Å². The third-order valence-electron chi connectivity index (χ3n) is 6.00. The van der Waals surface area contributed by atoms with Gasteiger partial charge in [0.05, 0.1) is 35.5 Å². The monoisotopic (exact) mass is 511 g/mol.